The van der Waals surface area contributed by atoms with E-state index >= 15 is 0 Å². The molecule has 1 N–H and O–H groups in total. The summed E-state index contributed by atoms with van der Waals surface area (Å²) >= 11 is 0. The summed E-state index contributed by atoms with van der Waals surface area (Å²) in [6.07, 6.45) is 10.9. The number of allylic oxidation sites excluding steroid dienone is 2. The summed E-state index contributed by atoms with van der Waals surface area (Å²) in [7, 11) is 0. The van der Waals surface area contributed by atoms with Crippen molar-refractivity contribution in [2.75, 3.05) is 0 Å². The maximum absolute atomic E-state index is 9.83. The summed E-state index contributed by atoms with van der Waals surface area (Å²) in [4.78, 5) is 0. The fraction of sp³-hybridized carbons (Fsp3) is 0.364. The monoisotopic (exact) mass is 338 g/mol. The third-order valence-electron chi connectivity index (χ3n) is 4.66. The smallest absolute Gasteiger partial charge is 0.128 e. The van der Waals surface area contributed by atoms with Gasteiger partial charge < -0.3 is 14.3 Å². The normalized spacial score (nSPS) is 19.6. The van der Waals surface area contributed by atoms with Crippen molar-refractivity contribution in [1.29, 1.82) is 0 Å². The maximum Gasteiger partial charge on any atom is 0.128 e. The molecule has 1 aliphatic rings. The molecule has 1 aromatic heterocycles. The average Bonchev–Trinajstić information content (AvgIpc) is 2.94. The molecule has 0 fully saturated rings. The molecule has 0 saturated carbocycles. The lowest BCUT2D eigenvalue weighted by Gasteiger charge is -2.31. The minimum Gasteiger partial charge on any atom is -0.508 e. The topological polar surface area (TPSA) is 42.6 Å². The van der Waals surface area contributed by atoms with Crippen LogP contribution in [-0.2, 0) is 6.42 Å². The molecule has 1 aliphatic heterocycles. The first kappa shape index (κ1) is 17.4. The lowest BCUT2D eigenvalue weighted by Crippen LogP contribution is -2.31. The number of hydrogen-bond donors (Lipinski definition) is 1. The molecular formula is C22H26O3. The minimum atomic E-state index is -0.325. The number of aromatic hydroxyl groups is 1. The lowest BCUT2D eigenvalue weighted by molar-refractivity contribution is 0.128. The van der Waals surface area contributed by atoms with Crippen LogP contribution in [0.2, 0.25) is 0 Å². The Morgan fingerprint density at radius 3 is 2.76 bits per heavy atom. The van der Waals surface area contributed by atoms with E-state index in [-0.39, 0.29) is 5.60 Å². The van der Waals surface area contributed by atoms with Crippen LogP contribution in [0.5, 0.6) is 11.5 Å². The van der Waals surface area contributed by atoms with E-state index in [0.29, 0.717) is 5.75 Å². The van der Waals surface area contributed by atoms with E-state index < -0.39 is 0 Å². The van der Waals surface area contributed by atoms with Gasteiger partial charge in [0, 0.05) is 12.0 Å². The van der Waals surface area contributed by atoms with Gasteiger partial charge in [0.05, 0.1) is 6.26 Å². The number of hydrogen-bond acceptors (Lipinski definition) is 3. The van der Waals surface area contributed by atoms with Gasteiger partial charge in [0.2, 0.25) is 0 Å². The van der Waals surface area contributed by atoms with Gasteiger partial charge in [-0.25, -0.2) is 0 Å². The molecule has 0 spiro atoms. The molecule has 2 heterocycles. The van der Waals surface area contributed by atoms with Gasteiger partial charge >= 0.3 is 0 Å². The molecule has 0 saturated heterocycles. The number of benzene rings is 1. The SMILES string of the molecule is C/C(=C/CC[C@]1(C)C=Cc2cc(O)c(C)cc2O1)Cc1cc(C)co1. The summed E-state index contributed by atoms with van der Waals surface area (Å²) in [5.74, 6) is 2.16. The van der Waals surface area contributed by atoms with Crippen molar-refractivity contribution in [3.05, 3.63) is 64.6 Å². The molecular weight excluding hydrogens is 312 g/mol. The standard InChI is InChI=1S/C22H26O3/c1-15(10-19-11-16(2)14-24-19)6-5-8-22(4)9-7-18-13-20(23)17(3)12-21(18)25-22/h6-7,9,11-14,23H,5,8,10H2,1-4H3/b15-6-/t22-/m1/s1. The summed E-state index contributed by atoms with van der Waals surface area (Å²) in [5.41, 5.74) is 3.91. The molecule has 1 atom stereocenters. The van der Waals surface area contributed by atoms with Gasteiger partial charge in [-0.15, -0.1) is 0 Å². The molecule has 0 aliphatic carbocycles. The largest absolute Gasteiger partial charge is 0.508 e. The molecule has 2 aromatic rings. The van der Waals surface area contributed by atoms with E-state index in [1.54, 1.807) is 12.3 Å². The second-order valence-corrected chi connectivity index (χ2v) is 7.28. The highest BCUT2D eigenvalue weighted by molar-refractivity contribution is 5.64. The molecule has 0 amide bonds. The predicted molar refractivity (Wildman–Crippen MR) is 101 cm³/mol. The zero-order chi connectivity index (χ0) is 18.0. The first-order chi connectivity index (χ1) is 11.8. The van der Waals surface area contributed by atoms with Crippen molar-refractivity contribution in [2.45, 2.75) is 52.6 Å². The lowest BCUT2D eigenvalue weighted by atomic mass is 9.94. The number of fused-ring (bicyclic) bond motifs is 1. The van der Waals surface area contributed by atoms with E-state index in [4.69, 9.17) is 9.15 Å². The Kier molecular flexibility index (Phi) is 4.76. The van der Waals surface area contributed by atoms with Crippen LogP contribution in [0.3, 0.4) is 0 Å². The third-order valence-corrected chi connectivity index (χ3v) is 4.66. The Hall–Kier alpha value is -2.42. The molecule has 3 nitrogen and oxygen atoms in total. The summed E-state index contributed by atoms with van der Waals surface area (Å²) < 4.78 is 11.7. The van der Waals surface area contributed by atoms with Gasteiger partial charge in [-0.2, -0.15) is 0 Å². The number of phenols is 1. The van der Waals surface area contributed by atoms with Crippen LogP contribution in [0.25, 0.3) is 6.08 Å². The van der Waals surface area contributed by atoms with Crippen LogP contribution in [0, 0.1) is 13.8 Å². The number of furan rings is 1. The predicted octanol–water partition coefficient (Wildman–Crippen LogP) is 5.74. The maximum atomic E-state index is 9.83. The van der Waals surface area contributed by atoms with Crippen molar-refractivity contribution < 1.29 is 14.3 Å². The number of phenolic OH excluding ortho intramolecular Hbond substituents is 1. The second-order valence-electron chi connectivity index (χ2n) is 7.28. The highest BCUT2D eigenvalue weighted by Gasteiger charge is 2.27. The van der Waals surface area contributed by atoms with Gasteiger partial charge in [0.15, 0.2) is 0 Å². The van der Waals surface area contributed by atoms with Gasteiger partial charge in [-0.1, -0.05) is 17.7 Å². The van der Waals surface area contributed by atoms with Crippen molar-refractivity contribution in [2.24, 2.45) is 0 Å². The number of rotatable bonds is 5. The zero-order valence-corrected chi connectivity index (χ0v) is 15.4. The van der Waals surface area contributed by atoms with Crippen LogP contribution >= 0.6 is 0 Å². The van der Waals surface area contributed by atoms with Crippen LogP contribution in [0.1, 0.15) is 49.1 Å². The summed E-state index contributed by atoms with van der Waals surface area (Å²) in [5, 5.41) is 9.83. The molecule has 3 heteroatoms. The van der Waals surface area contributed by atoms with E-state index in [1.165, 1.54) is 5.57 Å². The van der Waals surface area contributed by atoms with Crippen molar-refractivity contribution in [3.63, 3.8) is 0 Å². The number of aryl methyl sites for hydroxylation is 2. The number of ether oxygens (including phenoxy) is 1. The summed E-state index contributed by atoms with van der Waals surface area (Å²) in [6, 6.07) is 5.75. The summed E-state index contributed by atoms with van der Waals surface area (Å²) in [6.45, 7) is 8.17. The van der Waals surface area contributed by atoms with Gasteiger partial charge in [-0.3, -0.25) is 0 Å². The Morgan fingerprint density at radius 2 is 2.04 bits per heavy atom. The highest BCUT2D eigenvalue weighted by atomic mass is 16.5. The minimum absolute atomic E-state index is 0.308. The van der Waals surface area contributed by atoms with E-state index in [2.05, 4.69) is 32.1 Å². The van der Waals surface area contributed by atoms with Crippen LogP contribution in [0.15, 0.2) is 46.6 Å². The van der Waals surface area contributed by atoms with E-state index in [9.17, 15) is 5.11 Å². The second kappa shape index (κ2) is 6.83. The molecule has 132 valence electrons. The third kappa shape index (κ3) is 4.16. The molecule has 1 aromatic carbocycles. The Labute approximate surface area is 149 Å². The Balaban J connectivity index is 1.61. The van der Waals surface area contributed by atoms with Gasteiger partial charge in [0.25, 0.3) is 0 Å². The highest BCUT2D eigenvalue weighted by Crippen LogP contribution is 2.37. The van der Waals surface area contributed by atoms with Gasteiger partial charge in [-0.05, 0) is 75.9 Å². The van der Waals surface area contributed by atoms with Crippen LogP contribution in [-0.4, -0.2) is 10.7 Å². The first-order valence-electron chi connectivity index (χ1n) is 8.76. The van der Waals surface area contributed by atoms with Gasteiger partial charge in [0.1, 0.15) is 22.9 Å². The van der Waals surface area contributed by atoms with Crippen molar-refractivity contribution >= 4 is 6.08 Å². The Bertz CT molecular complexity index is 826. The van der Waals surface area contributed by atoms with Crippen LogP contribution < -0.4 is 4.74 Å². The molecule has 25 heavy (non-hydrogen) atoms. The van der Waals surface area contributed by atoms with E-state index in [0.717, 1.165) is 47.5 Å². The molecule has 0 unspecified atom stereocenters. The molecule has 3 rings (SSSR count). The van der Waals surface area contributed by atoms with E-state index in [1.807, 2.05) is 26.0 Å². The zero-order valence-electron chi connectivity index (χ0n) is 15.4. The quantitative estimate of drug-likeness (QED) is 0.707. The first-order valence-corrected chi connectivity index (χ1v) is 8.76. The molecule has 0 radical (unpaired) electrons. The average molecular weight is 338 g/mol. The Morgan fingerprint density at radius 1 is 1.24 bits per heavy atom. The molecule has 0 bridgehead atoms. The van der Waals surface area contributed by atoms with Crippen LogP contribution in [0.4, 0.5) is 0 Å². The van der Waals surface area contributed by atoms with Crippen molar-refractivity contribution in [3.8, 4) is 11.5 Å². The fourth-order valence-corrected chi connectivity index (χ4v) is 3.13. The van der Waals surface area contributed by atoms with Crippen molar-refractivity contribution in [1.82, 2.24) is 0 Å². The fourth-order valence-electron chi connectivity index (χ4n) is 3.13.